The summed E-state index contributed by atoms with van der Waals surface area (Å²) in [6.07, 6.45) is 2.76. The Hall–Kier alpha value is -2.67. The summed E-state index contributed by atoms with van der Waals surface area (Å²) in [4.78, 5) is 39.9. The second kappa shape index (κ2) is 7.99. The van der Waals surface area contributed by atoms with Gasteiger partial charge in [-0.3, -0.25) is 14.4 Å². The zero-order valence-electron chi connectivity index (χ0n) is 16.2. The number of carbonyl (C=O) groups excluding carboxylic acids is 3. The van der Waals surface area contributed by atoms with Gasteiger partial charge in [-0.25, -0.2) is 0 Å². The normalized spacial score (nSPS) is 24.3. The van der Waals surface area contributed by atoms with Crippen LogP contribution in [0.3, 0.4) is 0 Å². The number of likely N-dealkylation sites (tertiary alicyclic amines) is 1. The van der Waals surface area contributed by atoms with Crippen molar-refractivity contribution >= 4 is 29.1 Å². The standard InChI is InChI=1S/C22H25N3O3S/c23-21(28)22(13-15-5-1-2-6-16(15)18-7-3-12-29-18)10-4-11-25(14-22)20(27)17-8-9-19(26)24-17/h1-3,5-7,12,17H,4,8-11,13-14H2,(H2,23,28)(H,24,26)/t17-,22-/m1/s1. The summed E-state index contributed by atoms with van der Waals surface area (Å²) < 4.78 is 0. The van der Waals surface area contributed by atoms with Gasteiger partial charge in [0, 0.05) is 24.4 Å². The van der Waals surface area contributed by atoms with Gasteiger partial charge in [0.1, 0.15) is 6.04 Å². The number of nitrogens with two attached hydrogens (primary N) is 1. The highest BCUT2D eigenvalue weighted by atomic mass is 32.1. The molecule has 0 saturated carbocycles. The Morgan fingerprint density at radius 1 is 1.24 bits per heavy atom. The lowest BCUT2D eigenvalue weighted by Gasteiger charge is -2.42. The summed E-state index contributed by atoms with van der Waals surface area (Å²) >= 11 is 1.66. The van der Waals surface area contributed by atoms with Crippen molar-refractivity contribution in [2.75, 3.05) is 13.1 Å². The molecule has 0 spiro atoms. The van der Waals surface area contributed by atoms with Crippen LogP contribution < -0.4 is 11.1 Å². The van der Waals surface area contributed by atoms with Crippen LogP contribution in [0, 0.1) is 5.41 Å². The molecule has 2 aromatic rings. The molecule has 29 heavy (non-hydrogen) atoms. The molecule has 1 aromatic heterocycles. The second-order valence-corrected chi connectivity index (χ2v) is 8.93. The average Bonchev–Trinajstić information content (AvgIpc) is 3.40. The van der Waals surface area contributed by atoms with Crippen molar-refractivity contribution in [2.24, 2.45) is 11.1 Å². The minimum absolute atomic E-state index is 0.0913. The van der Waals surface area contributed by atoms with Crippen LogP contribution in [-0.4, -0.2) is 41.8 Å². The summed E-state index contributed by atoms with van der Waals surface area (Å²) in [5.41, 5.74) is 7.28. The quantitative estimate of drug-likeness (QED) is 0.791. The molecule has 152 valence electrons. The van der Waals surface area contributed by atoms with E-state index in [1.807, 2.05) is 29.6 Å². The third kappa shape index (κ3) is 3.92. The first-order valence-corrected chi connectivity index (χ1v) is 10.9. The lowest BCUT2D eigenvalue weighted by molar-refractivity contribution is -0.142. The van der Waals surface area contributed by atoms with E-state index in [0.717, 1.165) is 22.4 Å². The lowest BCUT2D eigenvalue weighted by Crippen LogP contribution is -2.56. The van der Waals surface area contributed by atoms with Gasteiger partial charge in [-0.2, -0.15) is 0 Å². The number of amides is 3. The highest BCUT2D eigenvalue weighted by molar-refractivity contribution is 7.13. The Kier molecular flexibility index (Phi) is 5.41. The van der Waals surface area contributed by atoms with E-state index in [2.05, 4.69) is 17.4 Å². The third-order valence-corrected chi connectivity index (χ3v) is 6.94. The Labute approximate surface area is 174 Å². The predicted octanol–water partition coefficient (Wildman–Crippen LogP) is 2.33. The lowest BCUT2D eigenvalue weighted by atomic mass is 9.73. The van der Waals surface area contributed by atoms with Gasteiger partial charge in [-0.15, -0.1) is 11.3 Å². The number of carbonyl (C=O) groups is 3. The SMILES string of the molecule is NC(=O)[C@@]1(Cc2ccccc2-c2cccs2)CCCN(C(=O)[C@H]2CCC(=O)N2)C1. The summed E-state index contributed by atoms with van der Waals surface area (Å²) in [6, 6.07) is 11.7. The van der Waals surface area contributed by atoms with Crippen molar-refractivity contribution in [3.63, 3.8) is 0 Å². The van der Waals surface area contributed by atoms with Crippen molar-refractivity contribution in [1.82, 2.24) is 10.2 Å². The molecule has 0 aliphatic carbocycles. The molecular weight excluding hydrogens is 386 g/mol. The molecule has 2 saturated heterocycles. The molecule has 0 radical (unpaired) electrons. The number of nitrogens with zero attached hydrogens (tertiary/aromatic N) is 1. The van der Waals surface area contributed by atoms with Crippen molar-refractivity contribution in [3.05, 3.63) is 47.3 Å². The Balaban J connectivity index is 1.59. The summed E-state index contributed by atoms with van der Waals surface area (Å²) in [5.74, 6) is -0.564. The van der Waals surface area contributed by atoms with E-state index in [-0.39, 0.29) is 17.7 Å². The average molecular weight is 412 g/mol. The minimum Gasteiger partial charge on any atom is -0.369 e. The number of thiophene rings is 1. The molecule has 3 amide bonds. The van der Waals surface area contributed by atoms with Crippen LogP contribution in [0.15, 0.2) is 41.8 Å². The maximum absolute atomic E-state index is 12.9. The van der Waals surface area contributed by atoms with Gasteiger partial charge >= 0.3 is 0 Å². The molecule has 6 nitrogen and oxygen atoms in total. The van der Waals surface area contributed by atoms with Gasteiger partial charge in [0.25, 0.3) is 0 Å². The van der Waals surface area contributed by atoms with Crippen molar-refractivity contribution < 1.29 is 14.4 Å². The molecule has 7 heteroatoms. The van der Waals surface area contributed by atoms with Gasteiger partial charge in [0.2, 0.25) is 17.7 Å². The van der Waals surface area contributed by atoms with Crippen LogP contribution >= 0.6 is 11.3 Å². The van der Waals surface area contributed by atoms with Gasteiger partial charge in [0.05, 0.1) is 5.41 Å². The number of primary amides is 1. The molecule has 0 unspecified atom stereocenters. The van der Waals surface area contributed by atoms with Crippen LogP contribution in [0.25, 0.3) is 10.4 Å². The fraction of sp³-hybridized carbons (Fsp3) is 0.409. The number of benzene rings is 1. The molecule has 2 atom stereocenters. The number of hydrogen-bond acceptors (Lipinski definition) is 4. The molecule has 0 bridgehead atoms. The number of piperidine rings is 1. The summed E-state index contributed by atoms with van der Waals surface area (Å²) in [5, 5.41) is 4.77. The molecule has 3 heterocycles. The van der Waals surface area contributed by atoms with Gasteiger partial charge in [-0.05, 0) is 48.3 Å². The molecule has 4 rings (SSSR count). The van der Waals surface area contributed by atoms with Crippen molar-refractivity contribution in [1.29, 1.82) is 0 Å². The van der Waals surface area contributed by atoms with Crippen molar-refractivity contribution in [2.45, 2.75) is 38.1 Å². The first-order valence-electron chi connectivity index (χ1n) is 9.98. The zero-order chi connectivity index (χ0) is 20.4. The largest absolute Gasteiger partial charge is 0.369 e. The predicted molar refractivity (Wildman–Crippen MR) is 112 cm³/mol. The Morgan fingerprint density at radius 2 is 2.07 bits per heavy atom. The monoisotopic (exact) mass is 411 g/mol. The van der Waals surface area contributed by atoms with E-state index in [4.69, 9.17) is 5.73 Å². The molecule has 2 aliphatic heterocycles. The Bertz CT molecular complexity index is 927. The maximum atomic E-state index is 12.9. The fourth-order valence-corrected chi connectivity index (χ4v) is 5.27. The fourth-order valence-electron chi connectivity index (χ4n) is 4.48. The van der Waals surface area contributed by atoms with Crippen LogP contribution in [0.5, 0.6) is 0 Å². The van der Waals surface area contributed by atoms with E-state index >= 15 is 0 Å². The second-order valence-electron chi connectivity index (χ2n) is 7.98. The van der Waals surface area contributed by atoms with E-state index in [0.29, 0.717) is 38.8 Å². The number of nitrogens with one attached hydrogen (secondary N) is 1. The third-order valence-electron chi connectivity index (χ3n) is 6.04. The van der Waals surface area contributed by atoms with Crippen LogP contribution in [0.2, 0.25) is 0 Å². The minimum atomic E-state index is -0.802. The molecule has 3 N–H and O–H groups in total. The number of rotatable bonds is 5. The van der Waals surface area contributed by atoms with Gasteiger partial charge in [0.15, 0.2) is 0 Å². The zero-order valence-corrected chi connectivity index (χ0v) is 17.0. The van der Waals surface area contributed by atoms with Gasteiger partial charge < -0.3 is 16.0 Å². The number of hydrogen-bond donors (Lipinski definition) is 2. The first kappa shape index (κ1) is 19.6. The van der Waals surface area contributed by atoms with Crippen LogP contribution in [0.4, 0.5) is 0 Å². The van der Waals surface area contributed by atoms with Gasteiger partial charge in [-0.1, -0.05) is 30.3 Å². The smallest absolute Gasteiger partial charge is 0.245 e. The highest BCUT2D eigenvalue weighted by Crippen LogP contribution is 2.38. The molecule has 2 fully saturated rings. The molecule has 2 aliphatic rings. The first-order chi connectivity index (χ1) is 14.0. The molecular formula is C22H25N3O3S. The maximum Gasteiger partial charge on any atom is 0.245 e. The topological polar surface area (TPSA) is 92.5 Å². The molecule has 1 aromatic carbocycles. The van der Waals surface area contributed by atoms with Crippen LogP contribution in [-0.2, 0) is 20.8 Å². The van der Waals surface area contributed by atoms with E-state index in [1.165, 1.54) is 0 Å². The summed E-state index contributed by atoms with van der Waals surface area (Å²) in [7, 11) is 0. The van der Waals surface area contributed by atoms with E-state index < -0.39 is 11.5 Å². The summed E-state index contributed by atoms with van der Waals surface area (Å²) in [6.45, 7) is 0.888. The van der Waals surface area contributed by atoms with Crippen molar-refractivity contribution in [3.8, 4) is 10.4 Å². The van der Waals surface area contributed by atoms with E-state index in [9.17, 15) is 14.4 Å². The highest BCUT2D eigenvalue weighted by Gasteiger charge is 2.44. The van der Waals surface area contributed by atoms with E-state index in [1.54, 1.807) is 16.2 Å². The Morgan fingerprint density at radius 3 is 2.76 bits per heavy atom. The van der Waals surface area contributed by atoms with Crippen LogP contribution in [0.1, 0.15) is 31.2 Å².